The van der Waals surface area contributed by atoms with Gasteiger partial charge in [-0.2, -0.15) is 0 Å². The van der Waals surface area contributed by atoms with Crippen LogP contribution in [0.2, 0.25) is 0 Å². The molecule has 3 N–H and O–H groups in total. The van der Waals surface area contributed by atoms with E-state index >= 15 is 0 Å². The second kappa shape index (κ2) is 14.6. The van der Waals surface area contributed by atoms with Crippen molar-refractivity contribution in [3.8, 4) is 33.6 Å². The molecule has 0 saturated carbocycles. The number of nitrogens with zero attached hydrogens (tertiary/aromatic N) is 3. The molecule has 3 unspecified atom stereocenters. The van der Waals surface area contributed by atoms with Crippen molar-refractivity contribution in [1.82, 2.24) is 30.2 Å². The van der Waals surface area contributed by atoms with E-state index in [9.17, 15) is 9.59 Å². The minimum atomic E-state index is -0.539. The predicted octanol–water partition coefficient (Wildman–Crippen LogP) is 7.76. The zero-order valence-electron chi connectivity index (χ0n) is 28.3. The van der Waals surface area contributed by atoms with E-state index in [4.69, 9.17) is 19.4 Å². The molecule has 48 heavy (non-hydrogen) atoms. The van der Waals surface area contributed by atoms with E-state index < -0.39 is 5.60 Å². The SMILES string of the molecule is CC1CC/C=C\COCCC(c2nc(-c3ccc(-c4ccc(-c5c[nH]c(C6CCCN6C(=O)OC(C)(C)C)n5)cc4)cc3)c[nH]2)NC1=O. The standard InChI is InChI=1S/C38H46N6O4/c1-25-9-6-5-7-21-47-22-19-30(43-36(25)45)34-39-23-31(41-34)28-15-11-26(12-16-28)27-13-17-29(18-14-27)32-24-40-35(42-32)33-10-8-20-44(33)37(46)48-38(2,3)4/h5,7,11-18,23-25,30,33H,6,8-10,19-22H2,1-4H3,(H,39,41)(H,40,42)(H,43,45)/b7-5-. The molecule has 0 radical (unpaired) electrons. The Morgan fingerprint density at radius 3 is 2.10 bits per heavy atom. The van der Waals surface area contributed by atoms with E-state index in [1.54, 1.807) is 4.90 Å². The topological polar surface area (TPSA) is 125 Å². The van der Waals surface area contributed by atoms with Gasteiger partial charge >= 0.3 is 6.09 Å². The quantitative estimate of drug-likeness (QED) is 0.190. The van der Waals surface area contributed by atoms with Crippen molar-refractivity contribution in [2.24, 2.45) is 5.92 Å². The Morgan fingerprint density at radius 1 is 0.854 bits per heavy atom. The number of carbonyl (C=O) groups excluding carboxylic acids is 2. The summed E-state index contributed by atoms with van der Waals surface area (Å²) in [5.41, 5.74) is 5.30. The van der Waals surface area contributed by atoms with Crippen molar-refractivity contribution in [3.05, 3.63) is 84.7 Å². The first-order valence-electron chi connectivity index (χ1n) is 17.0. The molecule has 10 heteroatoms. The molecule has 1 saturated heterocycles. The highest BCUT2D eigenvalue weighted by molar-refractivity contribution is 5.78. The van der Waals surface area contributed by atoms with Crippen molar-refractivity contribution in [2.75, 3.05) is 19.8 Å². The summed E-state index contributed by atoms with van der Waals surface area (Å²) in [6.07, 6.45) is 11.7. The summed E-state index contributed by atoms with van der Waals surface area (Å²) in [6, 6.07) is 16.3. The lowest BCUT2D eigenvalue weighted by Crippen LogP contribution is -2.36. The van der Waals surface area contributed by atoms with Crippen LogP contribution in [0.25, 0.3) is 33.6 Å². The first-order chi connectivity index (χ1) is 23.1. The Balaban J connectivity index is 1.11. The number of likely N-dealkylation sites (tertiary alicyclic amines) is 1. The lowest BCUT2D eigenvalue weighted by Gasteiger charge is -2.27. The van der Waals surface area contributed by atoms with Crippen LogP contribution >= 0.6 is 0 Å². The highest BCUT2D eigenvalue weighted by Gasteiger charge is 2.35. The molecule has 10 nitrogen and oxygen atoms in total. The molecular formula is C38H46N6O4. The van der Waals surface area contributed by atoms with Crippen LogP contribution in [0.4, 0.5) is 4.79 Å². The van der Waals surface area contributed by atoms with Gasteiger partial charge in [-0.1, -0.05) is 67.6 Å². The number of aromatic nitrogens is 4. The Morgan fingerprint density at radius 2 is 1.46 bits per heavy atom. The number of ether oxygens (including phenoxy) is 2. The smallest absolute Gasteiger partial charge is 0.410 e. The molecule has 0 bridgehead atoms. The molecule has 0 aliphatic carbocycles. The number of allylic oxidation sites excluding steroid dienone is 1. The highest BCUT2D eigenvalue weighted by atomic mass is 16.6. The zero-order chi connectivity index (χ0) is 33.7. The third-order valence-electron chi connectivity index (χ3n) is 8.88. The normalized spacial score (nSPS) is 21.6. The maximum Gasteiger partial charge on any atom is 0.410 e. The van der Waals surface area contributed by atoms with E-state index in [-0.39, 0.29) is 30.0 Å². The number of hydrogen-bond acceptors (Lipinski definition) is 6. The van der Waals surface area contributed by atoms with Crippen LogP contribution < -0.4 is 5.32 Å². The second-order valence-corrected chi connectivity index (χ2v) is 13.7. The summed E-state index contributed by atoms with van der Waals surface area (Å²) in [5.74, 6) is 1.48. The van der Waals surface area contributed by atoms with Gasteiger partial charge in [-0.3, -0.25) is 9.69 Å². The largest absolute Gasteiger partial charge is 0.444 e. The Bertz CT molecular complexity index is 1720. The number of aromatic amines is 2. The second-order valence-electron chi connectivity index (χ2n) is 13.7. The van der Waals surface area contributed by atoms with Crippen LogP contribution in [0.5, 0.6) is 0 Å². The molecule has 4 heterocycles. The predicted molar refractivity (Wildman–Crippen MR) is 186 cm³/mol. The average molecular weight is 651 g/mol. The van der Waals surface area contributed by atoms with Gasteiger partial charge in [0.15, 0.2) is 0 Å². The fraction of sp³-hybridized carbons (Fsp3) is 0.421. The number of nitrogens with one attached hydrogen (secondary N) is 3. The summed E-state index contributed by atoms with van der Waals surface area (Å²) in [6.45, 7) is 9.39. The minimum Gasteiger partial charge on any atom is -0.444 e. The molecule has 4 aromatic rings. The maximum absolute atomic E-state index is 12.9. The molecule has 1 fully saturated rings. The van der Waals surface area contributed by atoms with Gasteiger partial charge in [0, 0.05) is 42.6 Å². The van der Waals surface area contributed by atoms with Gasteiger partial charge in [0.2, 0.25) is 5.91 Å². The first-order valence-corrected chi connectivity index (χ1v) is 17.0. The summed E-state index contributed by atoms with van der Waals surface area (Å²) in [5, 5.41) is 3.18. The van der Waals surface area contributed by atoms with Crippen molar-refractivity contribution >= 4 is 12.0 Å². The van der Waals surface area contributed by atoms with E-state index in [2.05, 4.69) is 69.9 Å². The molecule has 2 amide bonds. The van der Waals surface area contributed by atoms with Crippen molar-refractivity contribution in [1.29, 1.82) is 0 Å². The maximum atomic E-state index is 12.9. The fourth-order valence-electron chi connectivity index (χ4n) is 6.18. The van der Waals surface area contributed by atoms with Crippen LogP contribution in [-0.4, -0.2) is 62.2 Å². The minimum absolute atomic E-state index is 0.0358. The van der Waals surface area contributed by atoms with Gasteiger partial charge in [-0.25, -0.2) is 14.8 Å². The molecule has 6 rings (SSSR count). The highest BCUT2D eigenvalue weighted by Crippen LogP contribution is 2.33. The molecule has 2 aromatic carbocycles. The fourth-order valence-corrected chi connectivity index (χ4v) is 6.18. The Labute approximate surface area is 282 Å². The first kappa shape index (κ1) is 33.2. The lowest BCUT2D eigenvalue weighted by molar-refractivity contribution is -0.125. The number of rotatable bonds is 5. The lowest BCUT2D eigenvalue weighted by atomic mass is 10.0. The molecule has 0 spiro atoms. The van der Waals surface area contributed by atoms with Gasteiger partial charge in [0.1, 0.15) is 17.2 Å². The molecule has 2 aliphatic heterocycles. The van der Waals surface area contributed by atoms with Gasteiger partial charge in [0.25, 0.3) is 0 Å². The van der Waals surface area contributed by atoms with Crippen molar-refractivity contribution in [2.45, 2.75) is 77.5 Å². The van der Waals surface area contributed by atoms with E-state index in [0.717, 1.165) is 71.0 Å². The number of benzene rings is 2. The van der Waals surface area contributed by atoms with Gasteiger partial charge in [-0.05, 0) is 64.0 Å². The van der Waals surface area contributed by atoms with Gasteiger partial charge in [-0.15, -0.1) is 0 Å². The number of H-pyrrole nitrogens is 2. The Hall–Kier alpha value is -4.70. The van der Waals surface area contributed by atoms with E-state index in [0.29, 0.717) is 26.2 Å². The van der Waals surface area contributed by atoms with Crippen LogP contribution in [0.15, 0.2) is 73.1 Å². The molecule has 2 aromatic heterocycles. The summed E-state index contributed by atoms with van der Waals surface area (Å²) < 4.78 is 11.4. The third kappa shape index (κ3) is 8.05. The van der Waals surface area contributed by atoms with Crippen LogP contribution in [0.3, 0.4) is 0 Å². The van der Waals surface area contributed by atoms with Crippen LogP contribution in [0.1, 0.15) is 83.5 Å². The van der Waals surface area contributed by atoms with Gasteiger partial charge in [0.05, 0.1) is 30.1 Å². The average Bonchev–Trinajstić information content (AvgIpc) is 3.85. The monoisotopic (exact) mass is 650 g/mol. The third-order valence-corrected chi connectivity index (χ3v) is 8.88. The van der Waals surface area contributed by atoms with Crippen LogP contribution in [-0.2, 0) is 14.3 Å². The Kier molecular flexibility index (Phi) is 10.1. The molecule has 3 atom stereocenters. The van der Waals surface area contributed by atoms with E-state index in [1.165, 1.54) is 0 Å². The summed E-state index contributed by atoms with van der Waals surface area (Å²) in [7, 11) is 0. The molecule has 252 valence electrons. The van der Waals surface area contributed by atoms with E-state index in [1.807, 2.05) is 46.2 Å². The number of carbonyl (C=O) groups is 2. The number of hydrogen-bond donors (Lipinski definition) is 3. The molecule has 2 aliphatic rings. The summed E-state index contributed by atoms with van der Waals surface area (Å²) in [4.78, 5) is 43.7. The van der Waals surface area contributed by atoms with Crippen LogP contribution in [0, 0.1) is 5.92 Å². The molecular weight excluding hydrogens is 604 g/mol. The summed E-state index contributed by atoms with van der Waals surface area (Å²) >= 11 is 0. The van der Waals surface area contributed by atoms with Gasteiger partial charge < -0.3 is 24.8 Å². The van der Waals surface area contributed by atoms with Crippen molar-refractivity contribution < 1.29 is 19.1 Å². The number of imidazole rings is 2. The van der Waals surface area contributed by atoms with Crippen molar-refractivity contribution in [3.63, 3.8) is 0 Å². The number of amides is 2. The zero-order valence-corrected chi connectivity index (χ0v) is 28.3.